The number of anilines is 1. The van der Waals surface area contributed by atoms with Crippen LogP contribution in [0.25, 0.3) is 10.2 Å². The molecule has 1 amide bonds. The van der Waals surface area contributed by atoms with Crippen LogP contribution in [0.15, 0.2) is 47.4 Å². The van der Waals surface area contributed by atoms with Gasteiger partial charge in [-0.2, -0.15) is 0 Å². The van der Waals surface area contributed by atoms with Gasteiger partial charge < -0.3 is 9.64 Å². The maximum atomic E-state index is 13.3. The highest BCUT2D eigenvalue weighted by molar-refractivity contribution is 7.92. The summed E-state index contributed by atoms with van der Waals surface area (Å²) in [6, 6.07) is 12.1. The van der Waals surface area contributed by atoms with Crippen molar-refractivity contribution in [2.75, 3.05) is 43.9 Å². The van der Waals surface area contributed by atoms with Gasteiger partial charge in [-0.3, -0.25) is 9.69 Å². The molecule has 0 radical (unpaired) electrons. The molecule has 7 nitrogen and oxygen atoms in total. The van der Waals surface area contributed by atoms with E-state index >= 15 is 0 Å². The Hall–Kier alpha value is -2.49. The van der Waals surface area contributed by atoms with E-state index in [0.717, 1.165) is 35.3 Å². The van der Waals surface area contributed by atoms with E-state index in [1.165, 1.54) is 35.5 Å². The summed E-state index contributed by atoms with van der Waals surface area (Å²) in [7, 11) is -2.30. The van der Waals surface area contributed by atoms with Crippen molar-refractivity contribution in [3.63, 3.8) is 0 Å². The summed E-state index contributed by atoms with van der Waals surface area (Å²) in [6.45, 7) is 8.91. The van der Waals surface area contributed by atoms with E-state index in [-0.39, 0.29) is 4.90 Å². The van der Waals surface area contributed by atoms with Crippen molar-refractivity contribution in [1.82, 2.24) is 9.88 Å². The number of ether oxygens (including phenoxy) is 1. The second-order valence-electron chi connectivity index (χ2n) is 7.62. The van der Waals surface area contributed by atoms with Crippen LogP contribution in [0, 0.1) is 0 Å². The minimum absolute atomic E-state index is 0.0953. The van der Waals surface area contributed by atoms with Gasteiger partial charge in [0.2, 0.25) is 5.91 Å². The van der Waals surface area contributed by atoms with Gasteiger partial charge in [-0.15, -0.1) is 0 Å². The number of amides is 1. The first-order valence-corrected chi connectivity index (χ1v) is 13.6. The number of hydrogen-bond acceptors (Lipinski definition) is 7. The Bertz CT molecular complexity index is 1190. The third kappa shape index (κ3) is 5.90. The minimum atomic E-state index is -3.81. The molecule has 0 saturated heterocycles. The van der Waals surface area contributed by atoms with Crippen LogP contribution < -0.4 is 9.64 Å². The molecule has 33 heavy (non-hydrogen) atoms. The predicted octanol–water partition coefficient (Wildman–Crippen LogP) is 4.02. The molecule has 0 fully saturated rings. The Morgan fingerprint density at radius 1 is 1.03 bits per heavy atom. The van der Waals surface area contributed by atoms with Gasteiger partial charge in [0.05, 0.1) is 22.2 Å². The lowest BCUT2D eigenvalue weighted by molar-refractivity contribution is -0.116. The molecule has 0 atom stereocenters. The molecule has 0 aliphatic rings. The normalized spacial score (nSPS) is 11.8. The third-order valence-electron chi connectivity index (χ3n) is 5.67. The number of thiazole rings is 1. The number of likely N-dealkylation sites (N-methyl/N-ethyl adjacent to an activating group) is 1. The Morgan fingerprint density at radius 2 is 1.73 bits per heavy atom. The maximum Gasteiger partial charge on any atom is 0.244 e. The molecule has 0 unspecified atom stereocenters. The van der Waals surface area contributed by atoms with E-state index in [4.69, 9.17) is 9.72 Å². The summed E-state index contributed by atoms with van der Waals surface area (Å²) >= 11 is 1.42. The highest BCUT2D eigenvalue weighted by Crippen LogP contribution is 2.31. The average molecular weight is 490 g/mol. The number of hydrogen-bond donors (Lipinski definition) is 0. The molecule has 9 heteroatoms. The topological polar surface area (TPSA) is 79.8 Å². The largest absolute Gasteiger partial charge is 0.497 e. The summed E-state index contributed by atoms with van der Waals surface area (Å²) < 4.78 is 32.1. The summed E-state index contributed by atoms with van der Waals surface area (Å²) in [6.07, 6.45) is 0.833. The fourth-order valence-corrected chi connectivity index (χ4v) is 5.87. The van der Waals surface area contributed by atoms with E-state index in [1.807, 2.05) is 18.2 Å². The molecule has 1 aromatic heterocycles. The molecule has 0 bridgehead atoms. The Morgan fingerprint density at radius 3 is 2.33 bits per heavy atom. The molecular weight excluding hydrogens is 458 g/mol. The smallest absolute Gasteiger partial charge is 0.244 e. The van der Waals surface area contributed by atoms with Gasteiger partial charge in [-0.05, 0) is 55.4 Å². The molecule has 178 valence electrons. The molecule has 1 heterocycles. The average Bonchev–Trinajstić information content (AvgIpc) is 3.25. The molecule has 3 aromatic rings. The van der Waals surface area contributed by atoms with E-state index in [2.05, 4.69) is 25.7 Å². The van der Waals surface area contributed by atoms with Crippen molar-refractivity contribution < 1.29 is 17.9 Å². The Balaban J connectivity index is 1.92. The number of benzene rings is 2. The first kappa shape index (κ1) is 25.1. The van der Waals surface area contributed by atoms with Crippen LogP contribution in [0.3, 0.4) is 0 Å². The molecule has 0 aliphatic heterocycles. The SMILES string of the molecule is CCc1cccc2sc(N(CCN(CC)CC)C(=O)CS(=O)(=O)c3ccc(OC)cc3)nc12. The zero-order valence-electron chi connectivity index (χ0n) is 19.6. The van der Waals surface area contributed by atoms with Crippen LogP contribution in [0.5, 0.6) is 5.75 Å². The predicted molar refractivity (Wildman–Crippen MR) is 134 cm³/mol. The van der Waals surface area contributed by atoms with Gasteiger partial charge in [0.25, 0.3) is 0 Å². The van der Waals surface area contributed by atoms with Gasteiger partial charge >= 0.3 is 0 Å². The van der Waals surface area contributed by atoms with Crippen molar-refractivity contribution >= 4 is 42.4 Å². The van der Waals surface area contributed by atoms with Crippen LogP contribution in [0.4, 0.5) is 5.13 Å². The van der Waals surface area contributed by atoms with E-state index < -0.39 is 21.5 Å². The summed E-state index contributed by atoms with van der Waals surface area (Å²) in [5.41, 5.74) is 1.98. The van der Waals surface area contributed by atoms with Gasteiger partial charge in [0.15, 0.2) is 15.0 Å². The number of para-hydroxylation sites is 1. The van der Waals surface area contributed by atoms with Crippen LogP contribution in [0.2, 0.25) is 0 Å². The quantitative estimate of drug-likeness (QED) is 0.405. The number of nitrogens with zero attached hydrogens (tertiary/aromatic N) is 3. The van der Waals surface area contributed by atoms with Gasteiger partial charge in [0.1, 0.15) is 11.5 Å². The van der Waals surface area contributed by atoms with Crippen LogP contribution >= 0.6 is 11.3 Å². The van der Waals surface area contributed by atoms with E-state index in [1.54, 1.807) is 12.1 Å². The number of rotatable bonds is 11. The monoisotopic (exact) mass is 489 g/mol. The van der Waals surface area contributed by atoms with Gasteiger partial charge in [-0.25, -0.2) is 13.4 Å². The number of carbonyl (C=O) groups excluding carboxylic acids is 1. The van der Waals surface area contributed by atoms with Crippen LogP contribution in [-0.4, -0.2) is 63.3 Å². The lowest BCUT2D eigenvalue weighted by atomic mass is 10.1. The number of fused-ring (bicyclic) bond motifs is 1. The maximum absolute atomic E-state index is 13.3. The first-order chi connectivity index (χ1) is 15.8. The molecule has 0 N–H and O–H groups in total. The lowest BCUT2D eigenvalue weighted by Gasteiger charge is -2.24. The van der Waals surface area contributed by atoms with Gasteiger partial charge in [-0.1, -0.05) is 44.2 Å². The summed E-state index contributed by atoms with van der Waals surface area (Å²) in [5, 5.41) is 0.535. The van der Waals surface area contributed by atoms with E-state index in [0.29, 0.717) is 24.0 Å². The van der Waals surface area contributed by atoms with E-state index in [9.17, 15) is 13.2 Å². The summed E-state index contributed by atoms with van der Waals surface area (Å²) in [4.78, 5) is 21.9. The third-order valence-corrected chi connectivity index (χ3v) is 8.33. The van der Waals surface area contributed by atoms with Crippen molar-refractivity contribution in [3.05, 3.63) is 48.0 Å². The van der Waals surface area contributed by atoms with Crippen molar-refractivity contribution in [3.8, 4) is 5.75 Å². The number of carbonyl (C=O) groups is 1. The molecule has 0 aliphatic carbocycles. The number of aromatic nitrogens is 1. The molecule has 2 aromatic carbocycles. The zero-order chi connectivity index (χ0) is 24.0. The number of sulfone groups is 1. The highest BCUT2D eigenvalue weighted by Gasteiger charge is 2.27. The fourth-order valence-electron chi connectivity index (χ4n) is 3.61. The standard InChI is InChI=1S/C24H31N3O4S2/c1-5-18-9-8-10-21-23(18)25-24(32-21)27(16-15-26(6-2)7-3)22(28)17-33(29,30)20-13-11-19(31-4)12-14-20/h8-14H,5-7,15-17H2,1-4H3. The van der Waals surface area contributed by atoms with Crippen LogP contribution in [-0.2, 0) is 21.1 Å². The minimum Gasteiger partial charge on any atom is -0.497 e. The first-order valence-electron chi connectivity index (χ1n) is 11.1. The zero-order valence-corrected chi connectivity index (χ0v) is 21.2. The number of aryl methyl sites for hydroxylation is 1. The molecular formula is C24H31N3O4S2. The molecule has 0 saturated carbocycles. The Labute approximate surface area is 199 Å². The summed E-state index contributed by atoms with van der Waals surface area (Å²) in [5.74, 6) is -0.536. The molecule has 0 spiro atoms. The van der Waals surface area contributed by atoms with Crippen molar-refractivity contribution in [2.45, 2.75) is 32.1 Å². The molecule has 3 rings (SSSR count). The van der Waals surface area contributed by atoms with Gasteiger partial charge in [0, 0.05) is 13.1 Å². The van der Waals surface area contributed by atoms with Crippen molar-refractivity contribution in [2.24, 2.45) is 0 Å². The van der Waals surface area contributed by atoms with Crippen molar-refractivity contribution in [1.29, 1.82) is 0 Å². The fraction of sp³-hybridized carbons (Fsp3) is 0.417. The second kappa shape index (κ2) is 11.1. The van der Waals surface area contributed by atoms with Crippen LogP contribution in [0.1, 0.15) is 26.3 Å². The number of methoxy groups -OCH3 is 1. The lowest BCUT2D eigenvalue weighted by Crippen LogP contribution is -2.41. The highest BCUT2D eigenvalue weighted by atomic mass is 32.2. The Kier molecular flexibility index (Phi) is 8.45. The second-order valence-corrected chi connectivity index (χ2v) is 10.6.